The molecule has 0 aliphatic heterocycles. The van der Waals surface area contributed by atoms with E-state index in [-0.39, 0.29) is 0 Å². The Hall–Kier alpha value is -0.580. The van der Waals surface area contributed by atoms with E-state index in [1.807, 2.05) is 18.8 Å². The molecule has 120 valence electrons. The maximum Gasteiger partial charge on any atom is 0.0999 e. The van der Waals surface area contributed by atoms with Crippen LogP contribution in [0, 0.1) is 11.8 Å². The third-order valence-corrected chi connectivity index (χ3v) is 5.01. The molecule has 1 aliphatic rings. The minimum absolute atomic E-state index is 0.316. The van der Waals surface area contributed by atoms with Crippen LogP contribution in [0.25, 0.3) is 0 Å². The molecule has 1 saturated carbocycles. The average molecular weight is 314 g/mol. The highest BCUT2D eigenvalue weighted by Crippen LogP contribution is 2.40. The summed E-state index contributed by atoms with van der Waals surface area (Å²) in [6, 6.07) is 0. The van der Waals surface area contributed by atoms with Gasteiger partial charge in [-0.1, -0.05) is 37.8 Å². The quantitative estimate of drug-likeness (QED) is 0.875. The van der Waals surface area contributed by atoms with Crippen molar-refractivity contribution in [2.75, 3.05) is 20.6 Å². The largest absolute Gasteiger partial charge is 0.386 e. The van der Waals surface area contributed by atoms with Crippen LogP contribution in [0.5, 0.6) is 0 Å². The van der Waals surface area contributed by atoms with Crippen molar-refractivity contribution >= 4 is 11.6 Å². The predicted octanol–water partition coefficient (Wildman–Crippen LogP) is 3.35. The Morgan fingerprint density at radius 1 is 1.48 bits per heavy atom. The number of halogens is 1. The molecule has 0 aromatic carbocycles. The van der Waals surface area contributed by atoms with Crippen LogP contribution in [-0.4, -0.2) is 40.4 Å². The monoisotopic (exact) mass is 313 g/mol. The van der Waals surface area contributed by atoms with Crippen molar-refractivity contribution in [3.8, 4) is 0 Å². The van der Waals surface area contributed by atoms with Crippen molar-refractivity contribution < 1.29 is 5.11 Å². The van der Waals surface area contributed by atoms with E-state index in [0.717, 1.165) is 37.5 Å². The van der Waals surface area contributed by atoms with Crippen LogP contribution >= 0.6 is 11.6 Å². The Labute approximate surface area is 133 Å². The van der Waals surface area contributed by atoms with Crippen molar-refractivity contribution in [2.45, 2.75) is 51.7 Å². The van der Waals surface area contributed by atoms with Crippen LogP contribution in [0.15, 0.2) is 6.20 Å². The normalized spacial score (nSPS) is 24.5. The fourth-order valence-corrected chi connectivity index (χ4v) is 3.61. The first-order valence-electron chi connectivity index (χ1n) is 8.06. The van der Waals surface area contributed by atoms with Gasteiger partial charge in [0.05, 0.1) is 29.6 Å². The first kappa shape index (κ1) is 16.8. The van der Waals surface area contributed by atoms with Gasteiger partial charge in [0.15, 0.2) is 0 Å². The summed E-state index contributed by atoms with van der Waals surface area (Å²) < 4.78 is 1.88. The molecule has 1 heterocycles. The predicted molar refractivity (Wildman–Crippen MR) is 86.5 cm³/mol. The van der Waals surface area contributed by atoms with Gasteiger partial charge < -0.3 is 10.0 Å². The first-order chi connectivity index (χ1) is 10.0. The second kappa shape index (κ2) is 7.61. The second-order valence-electron chi connectivity index (χ2n) is 6.55. The molecule has 0 saturated heterocycles. The molecule has 1 aliphatic carbocycles. The van der Waals surface area contributed by atoms with Crippen molar-refractivity contribution in [3.63, 3.8) is 0 Å². The summed E-state index contributed by atoms with van der Waals surface area (Å²) in [5.41, 5.74) is 0.806. The van der Waals surface area contributed by atoms with E-state index < -0.39 is 6.10 Å². The van der Waals surface area contributed by atoms with Crippen LogP contribution in [0.1, 0.15) is 50.8 Å². The van der Waals surface area contributed by atoms with Crippen LogP contribution < -0.4 is 0 Å². The first-order valence-corrected chi connectivity index (χ1v) is 8.44. The lowest BCUT2D eigenvalue weighted by molar-refractivity contribution is 0.0604. The Balaban J connectivity index is 2.10. The zero-order chi connectivity index (χ0) is 15.4. The molecule has 3 unspecified atom stereocenters. The molecular weight excluding hydrogens is 286 g/mol. The molecular formula is C16H28ClN3O. The van der Waals surface area contributed by atoms with E-state index in [2.05, 4.69) is 16.9 Å². The van der Waals surface area contributed by atoms with Gasteiger partial charge in [0.25, 0.3) is 0 Å². The number of hydrogen-bond acceptors (Lipinski definition) is 3. The molecule has 1 aromatic rings. The number of aliphatic hydroxyl groups is 1. The summed E-state index contributed by atoms with van der Waals surface area (Å²) in [4.78, 5) is 2.11. The van der Waals surface area contributed by atoms with Gasteiger partial charge in [0.1, 0.15) is 0 Å². The number of hydrogen-bond donors (Lipinski definition) is 1. The minimum atomic E-state index is -0.489. The summed E-state index contributed by atoms with van der Waals surface area (Å²) in [5.74, 6) is 1.06. The third-order valence-electron chi connectivity index (χ3n) is 4.72. The molecule has 0 spiro atoms. The lowest BCUT2D eigenvalue weighted by Crippen LogP contribution is -2.25. The van der Waals surface area contributed by atoms with Crippen molar-refractivity contribution in [2.24, 2.45) is 11.8 Å². The number of rotatable bonds is 6. The molecule has 2 rings (SSSR count). The molecule has 21 heavy (non-hydrogen) atoms. The van der Waals surface area contributed by atoms with Gasteiger partial charge in [-0.15, -0.1) is 0 Å². The maximum atomic E-state index is 10.8. The molecule has 0 amide bonds. The van der Waals surface area contributed by atoms with Crippen molar-refractivity contribution in [1.82, 2.24) is 14.7 Å². The highest BCUT2D eigenvalue weighted by molar-refractivity contribution is 6.31. The fourth-order valence-electron chi connectivity index (χ4n) is 3.35. The Morgan fingerprint density at radius 3 is 2.90 bits per heavy atom. The number of aromatic nitrogens is 2. The van der Waals surface area contributed by atoms with E-state index in [9.17, 15) is 5.11 Å². The lowest BCUT2D eigenvalue weighted by Gasteiger charge is -2.32. The number of likely N-dealkylation sites (N-methyl/N-ethyl adjacent to an activating group) is 1. The van der Waals surface area contributed by atoms with Crippen LogP contribution in [-0.2, 0) is 6.54 Å². The van der Waals surface area contributed by atoms with Crippen LogP contribution in [0.2, 0.25) is 5.02 Å². The van der Waals surface area contributed by atoms with Gasteiger partial charge >= 0.3 is 0 Å². The molecule has 1 fully saturated rings. The molecule has 0 bridgehead atoms. The van der Waals surface area contributed by atoms with E-state index in [4.69, 9.17) is 11.6 Å². The molecule has 3 atom stereocenters. The summed E-state index contributed by atoms with van der Waals surface area (Å²) in [7, 11) is 4.07. The molecule has 1 N–H and O–H groups in total. The van der Waals surface area contributed by atoms with Gasteiger partial charge in [-0.2, -0.15) is 5.10 Å². The topological polar surface area (TPSA) is 41.3 Å². The lowest BCUT2D eigenvalue weighted by atomic mass is 9.77. The van der Waals surface area contributed by atoms with Gasteiger partial charge in [-0.05, 0) is 38.8 Å². The zero-order valence-corrected chi connectivity index (χ0v) is 14.2. The van der Waals surface area contributed by atoms with E-state index in [1.54, 1.807) is 6.20 Å². The third kappa shape index (κ3) is 4.21. The summed E-state index contributed by atoms with van der Waals surface area (Å²) in [5, 5.41) is 15.8. The van der Waals surface area contributed by atoms with Crippen molar-refractivity contribution in [3.05, 3.63) is 16.9 Å². The highest BCUT2D eigenvalue weighted by Gasteiger charge is 2.30. The molecule has 0 radical (unpaired) electrons. The van der Waals surface area contributed by atoms with Crippen molar-refractivity contribution in [1.29, 1.82) is 0 Å². The molecule has 1 aromatic heterocycles. The average Bonchev–Trinajstić information content (AvgIpc) is 2.85. The van der Waals surface area contributed by atoms with Gasteiger partial charge in [0, 0.05) is 6.54 Å². The van der Waals surface area contributed by atoms with Crippen LogP contribution in [0.3, 0.4) is 0 Å². The smallest absolute Gasteiger partial charge is 0.0999 e. The summed E-state index contributed by atoms with van der Waals surface area (Å²) in [6.07, 6.45) is 7.08. The zero-order valence-electron chi connectivity index (χ0n) is 13.4. The van der Waals surface area contributed by atoms with Gasteiger partial charge in [-0.25, -0.2) is 0 Å². The standard InChI is InChI=1S/C16H28ClN3O/c1-4-12-6-5-7-13(10-12)16(21)15-14(17)11-18-20(15)9-8-19(2)3/h11-13,16,21H,4-10H2,1-3H3. The maximum absolute atomic E-state index is 10.8. The highest BCUT2D eigenvalue weighted by atomic mass is 35.5. The van der Waals surface area contributed by atoms with E-state index in [0.29, 0.717) is 10.9 Å². The number of nitrogens with zero attached hydrogens (tertiary/aromatic N) is 3. The SMILES string of the molecule is CCC1CCCC(C(O)c2c(Cl)cnn2CCN(C)C)C1. The minimum Gasteiger partial charge on any atom is -0.386 e. The fraction of sp³-hybridized carbons (Fsp3) is 0.812. The van der Waals surface area contributed by atoms with Crippen LogP contribution in [0.4, 0.5) is 0 Å². The van der Waals surface area contributed by atoms with Gasteiger partial charge in [-0.3, -0.25) is 4.68 Å². The Kier molecular flexibility index (Phi) is 6.08. The summed E-state index contributed by atoms with van der Waals surface area (Å²) in [6.45, 7) is 3.89. The Bertz CT molecular complexity index is 447. The summed E-state index contributed by atoms with van der Waals surface area (Å²) >= 11 is 6.29. The number of aliphatic hydroxyl groups excluding tert-OH is 1. The van der Waals surface area contributed by atoms with E-state index >= 15 is 0 Å². The molecule has 5 heteroatoms. The van der Waals surface area contributed by atoms with E-state index in [1.165, 1.54) is 19.3 Å². The Morgan fingerprint density at radius 2 is 2.24 bits per heavy atom. The van der Waals surface area contributed by atoms with Gasteiger partial charge in [0.2, 0.25) is 0 Å². The molecule has 4 nitrogen and oxygen atoms in total. The second-order valence-corrected chi connectivity index (χ2v) is 6.96.